The van der Waals surface area contributed by atoms with E-state index in [2.05, 4.69) is 9.46 Å². The fourth-order valence-electron chi connectivity index (χ4n) is 2.04. The fraction of sp³-hybridized carbons (Fsp3) is 0.438. The van der Waals surface area contributed by atoms with Crippen molar-refractivity contribution in [3.8, 4) is 0 Å². The van der Waals surface area contributed by atoms with Gasteiger partial charge in [0.15, 0.2) is 0 Å². The van der Waals surface area contributed by atoms with Gasteiger partial charge in [-0.3, -0.25) is 0 Å². The summed E-state index contributed by atoms with van der Waals surface area (Å²) in [5.41, 5.74) is 0.999. The van der Waals surface area contributed by atoms with E-state index in [9.17, 15) is 13.2 Å². The number of sulfonamides is 1. The first-order valence-electron chi connectivity index (χ1n) is 7.15. The Morgan fingerprint density at radius 2 is 1.91 bits per heavy atom. The van der Waals surface area contributed by atoms with Crippen LogP contribution in [0.4, 0.5) is 0 Å². The molecule has 1 aromatic carbocycles. The molecule has 0 saturated carbocycles. The minimum absolute atomic E-state index is 0.0978. The van der Waals surface area contributed by atoms with Crippen LogP contribution in [-0.4, -0.2) is 27.5 Å². The average Bonchev–Trinajstić information content (AvgIpc) is 2.47. The zero-order valence-electron chi connectivity index (χ0n) is 13.4. The molecule has 0 aliphatic heterocycles. The first kappa shape index (κ1) is 18.4. The van der Waals surface area contributed by atoms with E-state index in [1.807, 2.05) is 13.8 Å². The Kier molecular flexibility index (Phi) is 6.77. The summed E-state index contributed by atoms with van der Waals surface area (Å²) in [5, 5.41) is 0. The van der Waals surface area contributed by atoms with Gasteiger partial charge in [0.05, 0.1) is 12.0 Å². The topological polar surface area (TPSA) is 72.5 Å². The monoisotopic (exact) mass is 325 g/mol. The summed E-state index contributed by atoms with van der Waals surface area (Å²) < 4.78 is 31.9. The SMILES string of the molecule is CC[C@@H](/C=C\C(=O)OC)[C@H](C)NS(=O)(=O)c1ccc(C)cc1. The second kappa shape index (κ2) is 8.10. The van der Waals surface area contributed by atoms with Crippen LogP contribution < -0.4 is 4.72 Å². The lowest BCUT2D eigenvalue weighted by Crippen LogP contribution is -2.37. The molecule has 1 aromatic rings. The minimum atomic E-state index is -3.58. The van der Waals surface area contributed by atoms with Crippen molar-refractivity contribution in [2.24, 2.45) is 5.92 Å². The number of aryl methyl sites for hydroxylation is 1. The van der Waals surface area contributed by atoms with Gasteiger partial charge in [0.1, 0.15) is 0 Å². The molecule has 0 spiro atoms. The van der Waals surface area contributed by atoms with Gasteiger partial charge in [0, 0.05) is 12.1 Å². The number of carbonyl (C=O) groups excluding carboxylic acids is 1. The zero-order chi connectivity index (χ0) is 16.8. The molecule has 0 aliphatic carbocycles. The van der Waals surface area contributed by atoms with Gasteiger partial charge in [-0.15, -0.1) is 0 Å². The molecule has 0 amide bonds. The van der Waals surface area contributed by atoms with Crippen LogP contribution in [0, 0.1) is 12.8 Å². The highest BCUT2D eigenvalue weighted by atomic mass is 32.2. The normalized spacial score (nSPS) is 14.7. The molecule has 0 heterocycles. The summed E-state index contributed by atoms with van der Waals surface area (Å²) in [4.78, 5) is 11.4. The lowest BCUT2D eigenvalue weighted by Gasteiger charge is -2.21. The van der Waals surface area contributed by atoms with Gasteiger partial charge in [-0.2, -0.15) is 0 Å². The zero-order valence-corrected chi connectivity index (χ0v) is 14.2. The number of esters is 1. The van der Waals surface area contributed by atoms with E-state index in [1.165, 1.54) is 13.2 Å². The van der Waals surface area contributed by atoms with Crippen LogP contribution in [0.3, 0.4) is 0 Å². The van der Waals surface area contributed by atoms with E-state index in [1.54, 1.807) is 37.3 Å². The molecule has 0 aromatic heterocycles. The quantitative estimate of drug-likeness (QED) is 0.617. The number of benzene rings is 1. The molecule has 2 atom stereocenters. The van der Waals surface area contributed by atoms with Gasteiger partial charge in [-0.05, 0) is 38.3 Å². The maximum Gasteiger partial charge on any atom is 0.330 e. The molecule has 1 rings (SSSR count). The largest absolute Gasteiger partial charge is 0.466 e. The molecular formula is C16H23NO4S. The summed E-state index contributed by atoms with van der Waals surface area (Å²) >= 11 is 0. The van der Waals surface area contributed by atoms with Gasteiger partial charge in [-0.1, -0.05) is 30.7 Å². The molecule has 22 heavy (non-hydrogen) atoms. The van der Waals surface area contributed by atoms with Gasteiger partial charge >= 0.3 is 5.97 Å². The van der Waals surface area contributed by atoms with E-state index in [0.29, 0.717) is 6.42 Å². The predicted octanol–water partition coefficient (Wildman–Crippen LogP) is 2.42. The Labute approximate surface area is 132 Å². The highest BCUT2D eigenvalue weighted by molar-refractivity contribution is 7.89. The molecule has 6 heteroatoms. The third-order valence-corrected chi connectivity index (χ3v) is 5.04. The number of hydrogen-bond donors (Lipinski definition) is 1. The predicted molar refractivity (Wildman–Crippen MR) is 85.9 cm³/mol. The molecule has 0 aliphatic rings. The van der Waals surface area contributed by atoms with E-state index >= 15 is 0 Å². The van der Waals surface area contributed by atoms with Crippen molar-refractivity contribution in [2.75, 3.05) is 7.11 Å². The summed E-state index contributed by atoms with van der Waals surface area (Å²) in [5.74, 6) is -0.550. The third-order valence-electron chi connectivity index (χ3n) is 3.47. The maximum absolute atomic E-state index is 12.3. The molecule has 122 valence electrons. The van der Waals surface area contributed by atoms with Crippen molar-refractivity contribution in [2.45, 2.75) is 38.1 Å². The summed E-state index contributed by atoms with van der Waals surface area (Å²) in [6.07, 6.45) is 3.70. The van der Waals surface area contributed by atoms with Crippen LogP contribution in [0.2, 0.25) is 0 Å². The van der Waals surface area contributed by atoms with Crippen LogP contribution in [0.15, 0.2) is 41.3 Å². The van der Waals surface area contributed by atoms with Crippen molar-refractivity contribution >= 4 is 16.0 Å². The van der Waals surface area contributed by atoms with Gasteiger partial charge in [0.25, 0.3) is 0 Å². The number of carbonyl (C=O) groups is 1. The Hall–Kier alpha value is -1.66. The molecule has 5 nitrogen and oxygen atoms in total. The van der Waals surface area contributed by atoms with Crippen molar-refractivity contribution in [1.29, 1.82) is 0 Å². The van der Waals surface area contributed by atoms with Crippen molar-refractivity contribution < 1.29 is 17.9 Å². The van der Waals surface area contributed by atoms with Gasteiger partial charge in [-0.25, -0.2) is 17.9 Å². The number of rotatable bonds is 7. The van der Waals surface area contributed by atoms with Crippen molar-refractivity contribution in [3.05, 3.63) is 42.0 Å². The van der Waals surface area contributed by atoms with Crippen LogP contribution in [0.25, 0.3) is 0 Å². The minimum Gasteiger partial charge on any atom is -0.466 e. The fourth-order valence-corrected chi connectivity index (χ4v) is 3.34. The number of ether oxygens (including phenoxy) is 1. The first-order valence-corrected chi connectivity index (χ1v) is 8.63. The maximum atomic E-state index is 12.3. The van der Waals surface area contributed by atoms with Crippen LogP contribution in [0.1, 0.15) is 25.8 Å². The number of hydrogen-bond acceptors (Lipinski definition) is 4. The Balaban J connectivity index is 2.84. The average molecular weight is 325 g/mol. The first-order chi connectivity index (χ1) is 10.3. The molecule has 0 unspecified atom stereocenters. The van der Waals surface area contributed by atoms with Crippen molar-refractivity contribution in [1.82, 2.24) is 4.72 Å². The molecular weight excluding hydrogens is 302 g/mol. The Bertz CT molecular complexity index is 620. The smallest absolute Gasteiger partial charge is 0.330 e. The second-order valence-corrected chi connectivity index (χ2v) is 6.89. The molecule has 0 radical (unpaired) electrons. The lowest BCUT2D eigenvalue weighted by molar-refractivity contribution is -0.134. The molecule has 0 bridgehead atoms. The van der Waals surface area contributed by atoms with Crippen LogP contribution in [-0.2, 0) is 19.6 Å². The number of methoxy groups -OCH3 is 1. The Morgan fingerprint density at radius 1 is 1.32 bits per heavy atom. The van der Waals surface area contributed by atoms with E-state index in [-0.39, 0.29) is 16.9 Å². The lowest BCUT2D eigenvalue weighted by atomic mass is 9.99. The molecule has 1 N–H and O–H groups in total. The van der Waals surface area contributed by atoms with E-state index in [0.717, 1.165) is 5.56 Å². The summed E-state index contributed by atoms with van der Waals surface area (Å²) in [7, 11) is -2.27. The Morgan fingerprint density at radius 3 is 2.41 bits per heavy atom. The van der Waals surface area contributed by atoms with Crippen molar-refractivity contribution in [3.63, 3.8) is 0 Å². The van der Waals surface area contributed by atoms with E-state index in [4.69, 9.17) is 0 Å². The third kappa shape index (κ3) is 5.27. The second-order valence-electron chi connectivity index (χ2n) is 5.18. The van der Waals surface area contributed by atoms with Crippen LogP contribution >= 0.6 is 0 Å². The summed E-state index contributed by atoms with van der Waals surface area (Å²) in [6, 6.07) is 6.34. The van der Waals surface area contributed by atoms with E-state index < -0.39 is 16.0 Å². The molecule has 0 fully saturated rings. The standard InChI is InChI=1S/C16H23NO4S/c1-5-14(8-11-16(18)21-4)13(3)17-22(19,20)15-9-6-12(2)7-10-15/h6-11,13-14,17H,5H2,1-4H3/b11-8-/t13-,14-/m0/s1. The summed E-state index contributed by atoms with van der Waals surface area (Å²) in [6.45, 7) is 5.61. The number of nitrogens with one attached hydrogen (secondary N) is 1. The highest BCUT2D eigenvalue weighted by Gasteiger charge is 2.21. The van der Waals surface area contributed by atoms with Crippen LogP contribution in [0.5, 0.6) is 0 Å². The molecule has 0 saturated heterocycles. The van der Waals surface area contributed by atoms with Gasteiger partial charge in [0.2, 0.25) is 10.0 Å². The van der Waals surface area contributed by atoms with Gasteiger partial charge < -0.3 is 4.74 Å². The highest BCUT2D eigenvalue weighted by Crippen LogP contribution is 2.15.